The Labute approximate surface area is 172 Å². The second-order valence-electron chi connectivity index (χ2n) is 8.99. The lowest BCUT2D eigenvalue weighted by atomic mass is 9.68. The van der Waals surface area contributed by atoms with Gasteiger partial charge in [0.2, 0.25) is 0 Å². The van der Waals surface area contributed by atoms with Crippen LogP contribution in [0.5, 0.6) is 5.75 Å². The van der Waals surface area contributed by atoms with Gasteiger partial charge >= 0.3 is 0 Å². The molecule has 154 valence electrons. The number of amides is 1. The number of ether oxygens (including phenoxy) is 2. The van der Waals surface area contributed by atoms with Gasteiger partial charge in [0.05, 0.1) is 13.7 Å². The SMILES string of the molecule is COC1=CC(C)C([C@H]2C[C@H]3CC[C@H](N3)[C@@H]2COc2ccc3c(c2)C(=O)NC3)C=C1. The molecule has 1 aromatic rings. The predicted octanol–water partition coefficient (Wildman–Crippen LogP) is 3.42. The summed E-state index contributed by atoms with van der Waals surface area (Å²) in [5, 5.41) is 6.70. The molecular formula is C24H30N2O3. The summed E-state index contributed by atoms with van der Waals surface area (Å²) >= 11 is 0. The van der Waals surface area contributed by atoms with Gasteiger partial charge < -0.3 is 20.1 Å². The maximum Gasteiger partial charge on any atom is 0.252 e. The number of fused-ring (bicyclic) bond motifs is 3. The Kier molecular flexibility index (Phi) is 4.86. The minimum absolute atomic E-state index is 0.00296. The Morgan fingerprint density at radius 1 is 1.24 bits per heavy atom. The largest absolute Gasteiger partial charge is 0.497 e. The molecule has 0 spiro atoms. The Balaban J connectivity index is 1.33. The Bertz CT molecular complexity index is 862. The van der Waals surface area contributed by atoms with Crippen molar-refractivity contribution in [3.05, 3.63) is 53.3 Å². The number of rotatable bonds is 5. The van der Waals surface area contributed by atoms with Crippen LogP contribution in [0.3, 0.4) is 0 Å². The van der Waals surface area contributed by atoms with Gasteiger partial charge in [-0.15, -0.1) is 0 Å². The molecule has 2 bridgehead atoms. The van der Waals surface area contributed by atoms with Crippen molar-refractivity contribution in [1.29, 1.82) is 0 Å². The lowest BCUT2D eigenvalue weighted by molar-refractivity contribution is 0.0842. The summed E-state index contributed by atoms with van der Waals surface area (Å²) in [6.07, 6.45) is 10.4. The number of carbonyl (C=O) groups is 1. The Hall–Kier alpha value is -2.27. The summed E-state index contributed by atoms with van der Waals surface area (Å²) in [6, 6.07) is 7.06. The van der Waals surface area contributed by atoms with Crippen LogP contribution in [0.4, 0.5) is 0 Å². The van der Waals surface area contributed by atoms with Crippen LogP contribution >= 0.6 is 0 Å². The molecule has 1 aromatic carbocycles. The van der Waals surface area contributed by atoms with Crippen LogP contribution in [0.25, 0.3) is 0 Å². The summed E-state index contributed by atoms with van der Waals surface area (Å²) < 4.78 is 11.7. The first-order chi connectivity index (χ1) is 14.1. The first kappa shape index (κ1) is 18.7. The molecule has 4 aliphatic rings. The third-order valence-electron chi connectivity index (χ3n) is 7.35. The van der Waals surface area contributed by atoms with E-state index in [2.05, 4.69) is 35.8 Å². The zero-order chi connectivity index (χ0) is 20.0. The molecule has 3 aliphatic heterocycles. The van der Waals surface area contributed by atoms with Crippen molar-refractivity contribution in [3.8, 4) is 5.75 Å². The van der Waals surface area contributed by atoms with Crippen molar-refractivity contribution in [2.24, 2.45) is 23.7 Å². The number of hydrogen-bond acceptors (Lipinski definition) is 4. The van der Waals surface area contributed by atoms with E-state index in [0.717, 1.165) is 22.6 Å². The van der Waals surface area contributed by atoms with Gasteiger partial charge in [-0.25, -0.2) is 0 Å². The predicted molar refractivity (Wildman–Crippen MR) is 112 cm³/mol. The van der Waals surface area contributed by atoms with Crippen molar-refractivity contribution >= 4 is 5.91 Å². The van der Waals surface area contributed by atoms with Crippen LogP contribution in [0.15, 0.2) is 42.2 Å². The van der Waals surface area contributed by atoms with E-state index >= 15 is 0 Å². The van der Waals surface area contributed by atoms with Gasteiger partial charge in [-0.1, -0.05) is 19.1 Å². The van der Waals surface area contributed by atoms with E-state index in [4.69, 9.17) is 9.47 Å². The summed E-state index contributed by atoms with van der Waals surface area (Å²) in [5.74, 6) is 3.80. The minimum atomic E-state index is 0.00296. The van der Waals surface area contributed by atoms with Crippen LogP contribution in [0.2, 0.25) is 0 Å². The van der Waals surface area contributed by atoms with E-state index in [-0.39, 0.29) is 5.91 Å². The molecule has 2 fully saturated rings. The standard InChI is InChI=1S/C24H30N2O3/c1-14-9-17(28-2)6-7-19(14)21-10-16-4-8-23(26-16)22(21)13-29-18-5-3-15-12-25-24(27)20(15)11-18/h3,5-7,9,11,14,16,19,21-23,26H,4,8,10,12-13H2,1-2H3,(H,25,27)/t14?,16-,19?,21-,22-,23+/m1/s1. The van der Waals surface area contributed by atoms with E-state index in [1.165, 1.54) is 19.3 Å². The summed E-state index contributed by atoms with van der Waals surface area (Å²) in [5.41, 5.74) is 1.81. The Morgan fingerprint density at radius 2 is 2.14 bits per heavy atom. The lowest BCUT2D eigenvalue weighted by Crippen LogP contribution is -2.50. The van der Waals surface area contributed by atoms with Crippen molar-refractivity contribution in [3.63, 3.8) is 0 Å². The van der Waals surface area contributed by atoms with Crippen LogP contribution < -0.4 is 15.4 Å². The van der Waals surface area contributed by atoms with Crippen molar-refractivity contribution < 1.29 is 14.3 Å². The third kappa shape index (κ3) is 3.46. The van der Waals surface area contributed by atoms with Gasteiger partial charge in [0.15, 0.2) is 0 Å². The van der Waals surface area contributed by atoms with E-state index in [1.54, 1.807) is 7.11 Å². The van der Waals surface area contributed by atoms with Gasteiger partial charge in [-0.2, -0.15) is 0 Å². The average molecular weight is 395 g/mol. The zero-order valence-electron chi connectivity index (χ0n) is 17.2. The van der Waals surface area contributed by atoms with Gasteiger partial charge in [0.1, 0.15) is 11.5 Å². The molecule has 0 aromatic heterocycles. The highest BCUT2D eigenvalue weighted by Gasteiger charge is 2.45. The third-order valence-corrected chi connectivity index (χ3v) is 7.35. The molecule has 0 radical (unpaired) electrons. The molecule has 2 saturated heterocycles. The monoisotopic (exact) mass is 394 g/mol. The number of nitrogens with one attached hydrogen (secondary N) is 2. The van der Waals surface area contributed by atoms with E-state index < -0.39 is 0 Å². The normalized spacial score (nSPS) is 35.1. The molecule has 2 N–H and O–H groups in total. The fourth-order valence-corrected chi connectivity index (χ4v) is 5.81. The number of benzene rings is 1. The van der Waals surface area contributed by atoms with Crippen molar-refractivity contribution in [2.75, 3.05) is 13.7 Å². The van der Waals surface area contributed by atoms with Gasteiger partial charge in [0, 0.05) is 30.1 Å². The summed E-state index contributed by atoms with van der Waals surface area (Å²) in [4.78, 5) is 12.0. The minimum Gasteiger partial charge on any atom is -0.497 e. The maximum absolute atomic E-state index is 12.0. The van der Waals surface area contributed by atoms with Crippen LogP contribution in [-0.2, 0) is 11.3 Å². The number of allylic oxidation sites excluding steroid dienone is 3. The number of methoxy groups -OCH3 is 1. The quantitative estimate of drug-likeness (QED) is 0.803. The molecular weight excluding hydrogens is 364 g/mol. The maximum atomic E-state index is 12.0. The highest BCUT2D eigenvalue weighted by molar-refractivity contribution is 5.98. The highest BCUT2D eigenvalue weighted by Crippen LogP contribution is 2.44. The second-order valence-corrected chi connectivity index (χ2v) is 8.99. The number of hydrogen-bond donors (Lipinski definition) is 2. The van der Waals surface area contributed by atoms with Gasteiger partial charge in [-0.3, -0.25) is 4.79 Å². The smallest absolute Gasteiger partial charge is 0.252 e. The molecule has 5 heteroatoms. The molecule has 3 heterocycles. The fourth-order valence-electron chi connectivity index (χ4n) is 5.81. The molecule has 6 atom stereocenters. The Morgan fingerprint density at radius 3 is 2.97 bits per heavy atom. The van der Waals surface area contributed by atoms with E-state index in [9.17, 15) is 4.79 Å². The first-order valence-electron chi connectivity index (χ1n) is 10.9. The average Bonchev–Trinajstić information content (AvgIpc) is 3.30. The van der Waals surface area contributed by atoms with Crippen molar-refractivity contribution in [2.45, 2.75) is 44.8 Å². The fraction of sp³-hybridized carbons (Fsp3) is 0.542. The van der Waals surface area contributed by atoms with E-state index in [0.29, 0.717) is 48.9 Å². The molecule has 0 saturated carbocycles. The first-order valence-corrected chi connectivity index (χ1v) is 10.9. The molecule has 29 heavy (non-hydrogen) atoms. The molecule has 1 amide bonds. The number of piperidine rings is 1. The summed E-state index contributed by atoms with van der Waals surface area (Å²) in [6.45, 7) is 3.61. The zero-order valence-corrected chi connectivity index (χ0v) is 17.2. The second kappa shape index (κ2) is 7.52. The highest BCUT2D eigenvalue weighted by atomic mass is 16.5. The van der Waals surface area contributed by atoms with Gasteiger partial charge in [-0.05, 0) is 66.9 Å². The molecule has 2 unspecified atom stereocenters. The van der Waals surface area contributed by atoms with Crippen LogP contribution in [0, 0.1) is 23.7 Å². The van der Waals surface area contributed by atoms with E-state index in [1.807, 2.05) is 18.2 Å². The molecule has 1 aliphatic carbocycles. The number of carbonyl (C=O) groups excluding carboxylic acids is 1. The van der Waals surface area contributed by atoms with Gasteiger partial charge in [0.25, 0.3) is 5.91 Å². The lowest BCUT2D eigenvalue weighted by Gasteiger charge is -2.43. The topological polar surface area (TPSA) is 59.6 Å². The van der Waals surface area contributed by atoms with Crippen LogP contribution in [0.1, 0.15) is 42.1 Å². The van der Waals surface area contributed by atoms with Crippen molar-refractivity contribution in [1.82, 2.24) is 10.6 Å². The van der Waals surface area contributed by atoms with Crippen LogP contribution in [-0.4, -0.2) is 31.7 Å². The molecule has 5 rings (SSSR count). The molecule has 5 nitrogen and oxygen atoms in total. The summed E-state index contributed by atoms with van der Waals surface area (Å²) in [7, 11) is 1.74.